The molecule has 0 bridgehead atoms. The Morgan fingerprint density at radius 3 is 2.89 bits per heavy atom. The number of aromatic nitrogens is 1. The van der Waals surface area contributed by atoms with Gasteiger partial charge in [0, 0.05) is 31.4 Å². The summed E-state index contributed by atoms with van der Waals surface area (Å²) >= 11 is 0. The number of aliphatic hydroxyl groups is 1. The molecular formula is C16H24N2O. The fourth-order valence-electron chi connectivity index (χ4n) is 2.40. The van der Waals surface area contributed by atoms with E-state index in [-0.39, 0.29) is 12.0 Å². The van der Waals surface area contributed by atoms with Crippen molar-refractivity contribution >= 4 is 10.9 Å². The van der Waals surface area contributed by atoms with Crippen molar-refractivity contribution in [3.8, 4) is 0 Å². The lowest BCUT2D eigenvalue weighted by molar-refractivity contribution is 0.236. The molecule has 0 saturated heterocycles. The maximum atomic E-state index is 8.89. The number of fused-ring (bicyclic) bond motifs is 1. The molecule has 0 aliphatic carbocycles. The van der Waals surface area contributed by atoms with Gasteiger partial charge in [-0.2, -0.15) is 0 Å². The van der Waals surface area contributed by atoms with Crippen molar-refractivity contribution in [2.24, 2.45) is 5.41 Å². The Hall–Kier alpha value is -1.32. The Morgan fingerprint density at radius 1 is 1.26 bits per heavy atom. The molecule has 3 nitrogen and oxygen atoms in total. The van der Waals surface area contributed by atoms with Crippen LogP contribution in [0.3, 0.4) is 0 Å². The summed E-state index contributed by atoms with van der Waals surface area (Å²) in [7, 11) is 0. The second kappa shape index (κ2) is 6.22. The lowest BCUT2D eigenvalue weighted by atomic mass is 9.88. The number of hydrogen-bond acceptors (Lipinski definition) is 2. The monoisotopic (exact) mass is 260 g/mol. The molecule has 104 valence electrons. The topological polar surface area (TPSA) is 48.0 Å². The predicted molar refractivity (Wildman–Crippen MR) is 80.1 cm³/mol. The van der Waals surface area contributed by atoms with E-state index in [1.54, 1.807) is 0 Å². The van der Waals surface area contributed by atoms with Gasteiger partial charge in [-0.05, 0) is 41.3 Å². The van der Waals surface area contributed by atoms with E-state index >= 15 is 0 Å². The van der Waals surface area contributed by atoms with Crippen LogP contribution >= 0.6 is 0 Å². The van der Waals surface area contributed by atoms with E-state index < -0.39 is 0 Å². The highest BCUT2D eigenvalue weighted by molar-refractivity contribution is 5.79. The molecular weight excluding hydrogens is 236 g/mol. The van der Waals surface area contributed by atoms with Crippen LogP contribution in [0.5, 0.6) is 0 Å². The average molecular weight is 260 g/mol. The summed E-state index contributed by atoms with van der Waals surface area (Å²) in [5.41, 5.74) is 2.73. The van der Waals surface area contributed by atoms with Gasteiger partial charge in [-0.3, -0.25) is 0 Å². The molecule has 1 aromatic carbocycles. The van der Waals surface area contributed by atoms with Crippen LogP contribution in [-0.4, -0.2) is 23.2 Å². The molecule has 0 fully saturated rings. The van der Waals surface area contributed by atoms with E-state index in [9.17, 15) is 0 Å². The Kier molecular flexibility index (Phi) is 4.61. The Bertz CT molecular complexity index is 516. The van der Waals surface area contributed by atoms with Crippen LogP contribution < -0.4 is 5.32 Å². The minimum absolute atomic E-state index is 0.235. The van der Waals surface area contributed by atoms with Gasteiger partial charge < -0.3 is 15.4 Å². The van der Waals surface area contributed by atoms with Gasteiger partial charge in [-0.1, -0.05) is 26.0 Å². The molecule has 0 unspecified atom stereocenters. The highest BCUT2D eigenvalue weighted by atomic mass is 16.2. The third kappa shape index (κ3) is 4.08. The lowest BCUT2D eigenvalue weighted by Gasteiger charge is -2.24. The van der Waals surface area contributed by atoms with Gasteiger partial charge >= 0.3 is 0 Å². The third-order valence-corrected chi connectivity index (χ3v) is 3.56. The van der Waals surface area contributed by atoms with Crippen molar-refractivity contribution in [3.63, 3.8) is 0 Å². The van der Waals surface area contributed by atoms with Crippen molar-refractivity contribution < 1.29 is 5.11 Å². The van der Waals surface area contributed by atoms with Gasteiger partial charge in [0.05, 0.1) is 0 Å². The first-order valence-electron chi connectivity index (χ1n) is 6.98. The third-order valence-electron chi connectivity index (χ3n) is 3.56. The van der Waals surface area contributed by atoms with Crippen LogP contribution in [0.15, 0.2) is 30.5 Å². The molecule has 3 N–H and O–H groups in total. The molecule has 2 rings (SSSR count). The fourth-order valence-corrected chi connectivity index (χ4v) is 2.40. The van der Waals surface area contributed by atoms with E-state index in [1.165, 1.54) is 16.5 Å². The number of hydrogen-bond donors (Lipinski definition) is 3. The predicted octanol–water partition coefficient (Wildman–Crippen LogP) is 3.06. The molecule has 0 spiro atoms. The van der Waals surface area contributed by atoms with Crippen LogP contribution in [0.4, 0.5) is 0 Å². The zero-order valence-corrected chi connectivity index (χ0v) is 11.9. The number of rotatable bonds is 7. The van der Waals surface area contributed by atoms with E-state index in [4.69, 9.17) is 5.11 Å². The normalized spacial score (nSPS) is 12.2. The Morgan fingerprint density at radius 2 is 2.11 bits per heavy atom. The second-order valence-electron chi connectivity index (χ2n) is 5.99. The first-order valence-corrected chi connectivity index (χ1v) is 6.98. The van der Waals surface area contributed by atoms with Gasteiger partial charge in [-0.25, -0.2) is 0 Å². The first kappa shape index (κ1) is 14.1. The molecule has 1 aromatic heterocycles. The standard InChI is InChI=1S/C16H24N2O/c1-16(2,7-3-9-19)12-17-11-13-4-5-14-6-8-18-15(14)10-13/h4-6,8,10,17-19H,3,7,9,11-12H2,1-2H3. The van der Waals surface area contributed by atoms with Crippen LogP contribution in [-0.2, 0) is 6.54 Å². The molecule has 0 aliphatic heterocycles. The van der Waals surface area contributed by atoms with Crippen molar-refractivity contribution in [3.05, 3.63) is 36.0 Å². The highest BCUT2D eigenvalue weighted by Gasteiger charge is 2.16. The van der Waals surface area contributed by atoms with Crippen LogP contribution in [0, 0.1) is 5.41 Å². The molecule has 0 aliphatic rings. The molecule has 0 atom stereocenters. The summed E-state index contributed by atoms with van der Waals surface area (Å²) in [6.07, 6.45) is 3.90. The first-order chi connectivity index (χ1) is 9.11. The van der Waals surface area contributed by atoms with Crippen LogP contribution in [0.25, 0.3) is 10.9 Å². The minimum Gasteiger partial charge on any atom is -0.396 e. The van der Waals surface area contributed by atoms with Gasteiger partial charge in [0.15, 0.2) is 0 Å². The smallest absolute Gasteiger partial charge is 0.0457 e. The van der Waals surface area contributed by atoms with Crippen molar-refractivity contribution in [1.82, 2.24) is 10.3 Å². The number of H-pyrrole nitrogens is 1. The Balaban J connectivity index is 1.84. The quantitative estimate of drug-likeness (QED) is 0.716. The average Bonchev–Trinajstić information content (AvgIpc) is 2.83. The zero-order chi connectivity index (χ0) is 13.7. The summed E-state index contributed by atoms with van der Waals surface area (Å²) in [6.45, 7) is 6.62. The molecule has 1 heterocycles. The van der Waals surface area contributed by atoms with Crippen molar-refractivity contribution in [2.75, 3.05) is 13.2 Å². The number of aromatic amines is 1. The van der Waals surface area contributed by atoms with E-state index in [2.05, 4.69) is 48.4 Å². The minimum atomic E-state index is 0.235. The SMILES string of the molecule is CC(C)(CCCO)CNCc1ccc2cc[nH]c2c1. The Labute approximate surface area is 115 Å². The van der Waals surface area contributed by atoms with Gasteiger partial charge in [-0.15, -0.1) is 0 Å². The summed E-state index contributed by atoms with van der Waals surface area (Å²) < 4.78 is 0. The summed E-state index contributed by atoms with van der Waals surface area (Å²) in [4.78, 5) is 3.24. The van der Waals surface area contributed by atoms with Gasteiger partial charge in [0.2, 0.25) is 0 Å². The summed E-state index contributed by atoms with van der Waals surface area (Å²) in [6, 6.07) is 8.61. The number of nitrogens with one attached hydrogen (secondary N) is 2. The second-order valence-corrected chi connectivity index (χ2v) is 5.99. The molecule has 0 amide bonds. The maximum absolute atomic E-state index is 8.89. The molecule has 2 aromatic rings. The molecule has 0 saturated carbocycles. The number of benzene rings is 1. The van der Waals surface area contributed by atoms with Gasteiger partial charge in [0.1, 0.15) is 0 Å². The maximum Gasteiger partial charge on any atom is 0.0457 e. The van der Waals surface area contributed by atoms with Crippen molar-refractivity contribution in [1.29, 1.82) is 0 Å². The molecule has 19 heavy (non-hydrogen) atoms. The van der Waals surface area contributed by atoms with E-state index in [0.717, 1.165) is 25.9 Å². The van der Waals surface area contributed by atoms with Crippen LogP contribution in [0.1, 0.15) is 32.3 Å². The summed E-state index contributed by atoms with van der Waals surface area (Å²) in [5, 5.41) is 13.7. The summed E-state index contributed by atoms with van der Waals surface area (Å²) in [5.74, 6) is 0. The molecule has 3 heteroatoms. The van der Waals surface area contributed by atoms with Gasteiger partial charge in [0.25, 0.3) is 0 Å². The largest absolute Gasteiger partial charge is 0.396 e. The molecule has 0 radical (unpaired) electrons. The van der Waals surface area contributed by atoms with E-state index in [1.807, 2.05) is 6.20 Å². The number of aliphatic hydroxyl groups excluding tert-OH is 1. The highest BCUT2D eigenvalue weighted by Crippen LogP contribution is 2.21. The van der Waals surface area contributed by atoms with Crippen molar-refractivity contribution in [2.45, 2.75) is 33.2 Å². The fraction of sp³-hybridized carbons (Fsp3) is 0.500. The van der Waals surface area contributed by atoms with E-state index in [0.29, 0.717) is 0 Å². The zero-order valence-electron chi connectivity index (χ0n) is 11.9. The lowest BCUT2D eigenvalue weighted by Crippen LogP contribution is -2.29. The van der Waals surface area contributed by atoms with Crippen LogP contribution in [0.2, 0.25) is 0 Å².